The molecule has 0 radical (unpaired) electrons. The van der Waals surface area contributed by atoms with Crippen molar-refractivity contribution in [3.05, 3.63) is 71.8 Å². The van der Waals surface area contributed by atoms with Gasteiger partial charge in [0.25, 0.3) is 0 Å². The van der Waals surface area contributed by atoms with E-state index in [1.807, 2.05) is 44.7 Å². The van der Waals surface area contributed by atoms with E-state index < -0.39 is 0 Å². The molecule has 3 rings (SSSR count). The minimum atomic E-state index is 0.0994. The van der Waals surface area contributed by atoms with Crippen LogP contribution in [0, 0.1) is 6.92 Å². The van der Waals surface area contributed by atoms with E-state index in [-0.39, 0.29) is 6.04 Å². The Morgan fingerprint density at radius 3 is 2.65 bits per heavy atom. The lowest BCUT2D eigenvalue weighted by Gasteiger charge is -2.20. The van der Waals surface area contributed by atoms with Gasteiger partial charge in [-0.2, -0.15) is 0 Å². The molecular weight excluding hydrogens is 246 g/mol. The SMILES string of the molecule is CNC(c1cccnc1C)c1cncc2ccccc12. The van der Waals surface area contributed by atoms with Crippen molar-refractivity contribution in [1.29, 1.82) is 0 Å². The van der Waals surface area contributed by atoms with Crippen LogP contribution in [0.4, 0.5) is 0 Å². The van der Waals surface area contributed by atoms with Gasteiger partial charge in [-0.3, -0.25) is 9.97 Å². The van der Waals surface area contributed by atoms with Crippen LogP contribution in [0.25, 0.3) is 10.8 Å². The van der Waals surface area contributed by atoms with Crippen LogP contribution in [0.2, 0.25) is 0 Å². The van der Waals surface area contributed by atoms with E-state index in [1.165, 1.54) is 16.5 Å². The lowest BCUT2D eigenvalue weighted by atomic mass is 9.95. The zero-order chi connectivity index (χ0) is 13.9. The quantitative estimate of drug-likeness (QED) is 0.788. The fourth-order valence-electron chi connectivity index (χ4n) is 2.65. The number of fused-ring (bicyclic) bond motifs is 1. The number of hydrogen-bond donors (Lipinski definition) is 1. The minimum Gasteiger partial charge on any atom is -0.309 e. The van der Waals surface area contributed by atoms with Gasteiger partial charge in [0.05, 0.1) is 6.04 Å². The molecule has 2 heterocycles. The molecule has 1 atom stereocenters. The molecule has 3 heteroatoms. The highest BCUT2D eigenvalue weighted by Crippen LogP contribution is 2.28. The Morgan fingerprint density at radius 1 is 1.00 bits per heavy atom. The zero-order valence-corrected chi connectivity index (χ0v) is 11.7. The van der Waals surface area contributed by atoms with Crippen LogP contribution in [0.1, 0.15) is 22.9 Å². The van der Waals surface area contributed by atoms with Crippen molar-refractivity contribution in [3.8, 4) is 0 Å². The molecule has 0 saturated carbocycles. The van der Waals surface area contributed by atoms with Gasteiger partial charge in [-0.1, -0.05) is 30.3 Å². The molecule has 1 N–H and O–H groups in total. The molecule has 1 aromatic carbocycles. The summed E-state index contributed by atoms with van der Waals surface area (Å²) < 4.78 is 0. The zero-order valence-electron chi connectivity index (χ0n) is 11.7. The highest BCUT2D eigenvalue weighted by Gasteiger charge is 2.17. The lowest BCUT2D eigenvalue weighted by molar-refractivity contribution is 0.685. The van der Waals surface area contributed by atoms with Crippen LogP contribution in [0.5, 0.6) is 0 Å². The maximum absolute atomic E-state index is 4.39. The minimum absolute atomic E-state index is 0.0994. The van der Waals surface area contributed by atoms with Crippen molar-refractivity contribution in [2.24, 2.45) is 0 Å². The van der Waals surface area contributed by atoms with Gasteiger partial charge in [0.1, 0.15) is 0 Å². The van der Waals surface area contributed by atoms with Crippen molar-refractivity contribution in [3.63, 3.8) is 0 Å². The third kappa shape index (κ3) is 2.17. The number of nitrogens with one attached hydrogen (secondary N) is 1. The summed E-state index contributed by atoms with van der Waals surface area (Å²) in [6.45, 7) is 2.04. The second-order valence-corrected chi connectivity index (χ2v) is 4.85. The number of aromatic nitrogens is 2. The second kappa shape index (κ2) is 5.39. The van der Waals surface area contributed by atoms with Gasteiger partial charge in [0.15, 0.2) is 0 Å². The molecule has 0 aliphatic heterocycles. The number of nitrogens with zero attached hydrogens (tertiary/aromatic N) is 2. The van der Waals surface area contributed by atoms with E-state index in [0.717, 1.165) is 11.1 Å². The van der Waals surface area contributed by atoms with Crippen molar-refractivity contribution < 1.29 is 0 Å². The van der Waals surface area contributed by atoms with Gasteiger partial charge in [0, 0.05) is 29.7 Å². The summed E-state index contributed by atoms with van der Waals surface area (Å²) in [7, 11) is 1.97. The third-order valence-corrected chi connectivity index (χ3v) is 3.66. The largest absolute Gasteiger partial charge is 0.309 e. The van der Waals surface area contributed by atoms with Crippen LogP contribution < -0.4 is 5.32 Å². The first-order chi connectivity index (χ1) is 9.81. The summed E-state index contributed by atoms with van der Waals surface area (Å²) in [6, 6.07) is 12.5. The van der Waals surface area contributed by atoms with Crippen LogP contribution in [0.3, 0.4) is 0 Å². The average Bonchev–Trinajstić information content (AvgIpc) is 2.50. The maximum Gasteiger partial charge on any atom is 0.0613 e. The summed E-state index contributed by atoms with van der Waals surface area (Å²) in [6.07, 6.45) is 5.67. The van der Waals surface area contributed by atoms with Crippen molar-refractivity contribution in [2.75, 3.05) is 7.05 Å². The fraction of sp³-hybridized carbons (Fsp3) is 0.176. The lowest BCUT2D eigenvalue weighted by Crippen LogP contribution is -2.19. The Bertz CT molecular complexity index is 732. The maximum atomic E-state index is 4.39. The van der Waals surface area contributed by atoms with E-state index in [2.05, 4.69) is 39.6 Å². The Kier molecular flexibility index (Phi) is 3.44. The van der Waals surface area contributed by atoms with Crippen molar-refractivity contribution in [2.45, 2.75) is 13.0 Å². The second-order valence-electron chi connectivity index (χ2n) is 4.85. The van der Waals surface area contributed by atoms with Gasteiger partial charge >= 0.3 is 0 Å². The summed E-state index contributed by atoms with van der Waals surface area (Å²) in [5, 5.41) is 5.77. The van der Waals surface area contributed by atoms with Gasteiger partial charge < -0.3 is 5.32 Å². The van der Waals surface area contributed by atoms with Crippen LogP contribution in [-0.4, -0.2) is 17.0 Å². The standard InChI is InChI=1S/C17H17N3/c1-12-14(8-5-9-20-12)17(18-2)16-11-19-10-13-6-3-4-7-15(13)16/h3-11,17-18H,1-2H3. The number of rotatable bonds is 3. The van der Waals surface area contributed by atoms with E-state index in [4.69, 9.17) is 0 Å². The Morgan fingerprint density at radius 2 is 1.85 bits per heavy atom. The van der Waals surface area contributed by atoms with E-state index in [9.17, 15) is 0 Å². The smallest absolute Gasteiger partial charge is 0.0613 e. The third-order valence-electron chi connectivity index (χ3n) is 3.66. The van der Waals surface area contributed by atoms with Crippen molar-refractivity contribution in [1.82, 2.24) is 15.3 Å². The molecule has 100 valence electrons. The Labute approximate surface area is 118 Å². The fourth-order valence-corrected chi connectivity index (χ4v) is 2.65. The molecular formula is C17H17N3. The molecule has 2 aromatic heterocycles. The molecule has 0 saturated heterocycles. The summed E-state index contributed by atoms with van der Waals surface area (Å²) in [5.41, 5.74) is 3.41. The first kappa shape index (κ1) is 12.8. The number of hydrogen-bond acceptors (Lipinski definition) is 3. The van der Waals surface area contributed by atoms with Crippen LogP contribution >= 0.6 is 0 Å². The molecule has 0 bridgehead atoms. The predicted molar refractivity (Wildman–Crippen MR) is 81.6 cm³/mol. The monoisotopic (exact) mass is 263 g/mol. The van der Waals surface area contributed by atoms with E-state index in [1.54, 1.807) is 0 Å². The highest BCUT2D eigenvalue weighted by atomic mass is 14.9. The number of benzene rings is 1. The Balaban J connectivity index is 2.20. The average molecular weight is 263 g/mol. The van der Waals surface area contributed by atoms with Crippen molar-refractivity contribution >= 4 is 10.8 Å². The van der Waals surface area contributed by atoms with E-state index >= 15 is 0 Å². The van der Waals surface area contributed by atoms with Gasteiger partial charge in [0.2, 0.25) is 0 Å². The molecule has 0 fully saturated rings. The molecule has 0 spiro atoms. The highest BCUT2D eigenvalue weighted by molar-refractivity contribution is 5.85. The molecule has 3 aromatic rings. The van der Waals surface area contributed by atoms with Gasteiger partial charge in [-0.05, 0) is 36.6 Å². The molecule has 20 heavy (non-hydrogen) atoms. The number of aryl methyl sites for hydroxylation is 1. The van der Waals surface area contributed by atoms with E-state index in [0.29, 0.717) is 0 Å². The first-order valence-electron chi connectivity index (χ1n) is 6.72. The number of pyridine rings is 2. The predicted octanol–water partition coefficient (Wildman–Crippen LogP) is 3.25. The molecule has 0 amide bonds. The molecule has 1 unspecified atom stereocenters. The first-order valence-corrected chi connectivity index (χ1v) is 6.72. The topological polar surface area (TPSA) is 37.8 Å². The van der Waals surface area contributed by atoms with Gasteiger partial charge in [-0.25, -0.2) is 0 Å². The molecule has 3 nitrogen and oxygen atoms in total. The molecule has 0 aliphatic carbocycles. The van der Waals surface area contributed by atoms with Gasteiger partial charge in [-0.15, -0.1) is 0 Å². The summed E-state index contributed by atoms with van der Waals surface area (Å²) in [5.74, 6) is 0. The summed E-state index contributed by atoms with van der Waals surface area (Å²) in [4.78, 5) is 8.77. The Hall–Kier alpha value is -2.26. The van der Waals surface area contributed by atoms with Crippen LogP contribution in [-0.2, 0) is 0 Å². The summed E-state index contributed by atoms with van der Waals surface area (Å²) >= 11 is 0. The van der Waals surface area contributed by atoms with Crippen LogP contribution in [0.15, 0.2) is 55.0 Å². The molecule has 0 aliphatic rings. The normalized spacial score (nSPS) is 12.5.